The van der Waals surface area contributed by atoms with Gasteiger partial charge < -0.3 is 5.11 Å². The van der Waals surface area contributed by atoms with Gasteiger partial charge in [0.1, 0.15) is 5.82 Å². The van der Waals surface area contributed by atoms with Gasteiger partial charge in [0.2, 0.25) is 11.9 Å². The normalized spacial score (nSPS) is 9.93. The number of H-pyrrole nitrogens is 1. The first-order valence-electron chi connectivity index (χ1n) is 4.48. The van der Waals surface area contributed by atoms with Crippen molar-refractivity contribution in [2.45, 2.75) is 26.2 Å². The minimum Gasteiger partial charge on any atom is -0.481 e. The van der Waals surface area contributed by atoms with Gasteiger partial charge in [0.15, 0.2) is 0 Å². The van der Waals surface area contributed by atoms with Gasteiger partial charge in [-0.2, -0.15) is 4.98 Å². The summed E-state index contributed by atoms with van der Waals surface area (Å²) in [6.45, 7) is 1.72. The molecule has 0 saturated carbocycles. The van der Waals surface area contributed by atoms with Gasteiger partial charge in [-0.3, -0.25) is 20.0 Å². The number of nitrogens with zero attached hydrogens (tertiary/aromatic N) is 2. The number of aryl methyl sites for hydroxylation is 1. The third kappa shape index (κ3) is 4.21. The quantitative estimate of drug-likeness (QED) is 0.650. The SMILES string of the molecule is Cc1nc(NC(=O)CCCC(=O)O)n[nH]1. The van der Waals surface area contributed by atoms with Crippen molar-refractivity contribution in [3.63, 3.8) is 0 Å². The molecule has 3 N–H and O–H groups in total. The van der Waals surface area contributed by atoms with Crippen molar-refractivity contribution in [2.24, 2.45) is 0 Å². The summed E-state index contributed by atoms with van der Waals surface area (Å²) >= 11 is 0. The number of carbonyl (C=O) groups is 2. The Hall–Kier alpha value is -1.92. The van der Waals surface area contributed by atoms with Crippen LogP contribution in [-0.4, -0.2) is 32.2 Å². The lowest BCUT2D eigenvalue weighted by atomic mass is 10.2. The molecule has 82 valence electrons. The molecule has 0 aliphatic carbocycles. The smallest absolute Gasteiger partial charge is 0.303 e. The highest BCUT2D eigenvalue weighted by Gasteiger charge is 2.06. The van der Waals surface area contributed by atoms with E-state index in [2.05, 4.69) is 20.5 Å². The van der Waals surface area contributed by atoms with E-state index in [0.717, 1.165) is 0 Å². The third-order valence-corrected chi connectivity index (χ3v) is 1.64. The lowest BCUT2D eigenvalue weighted by molar-refractivity contribution is -0.137. The summed E-state index contributed by atoms with van der Waals surface area (Å²) in [5.41, 5.74) is 0. The average Bonchev–Trinajstić information content (AvgIpc) is 2.50. The van der Waals surface area contributed by atoms with E-state index in [-0.39, 0.29) is 24.7 Å². The van der Waals surface area contributed by atoms with Crippen LogP contribution in [0.1, 0.15) is 25.1 Å². The largest absolute Gasteiger partial charge is 0.481 e. The fourth-order valence-electron chi connectivity index (χ4n) is 0.986. The van der Waals surface area contributed by atoms with E-state index in [1.807, 2.05) is 0 Å². The zero-order valence-electron chi connectivity index (χ0n) is 8.28. The van der Waals surface area contributed by atoms with Crippen LogP contribution in [0, 0.1) is 6.92 Å². The number of aliphatic carboxylic acids is 1. The molecule has 0 atom stereocenters. The number of carboxylic acid groups (broad SMARTS) is 1. The second kappa shape index (κ2) is 5.08. The lowest BCUT2D eigenvalue weighted by Crippen LogP contribution is -2.12. The Balaban J connectivity index is 2.27. The number of hydrogen-bond donors (Lipinski definition) is 3. The summed E-state index contributed by atoms with van der Waals surface area (Å²) in [6, 6.07) is 0. The maximum atomic E-state index is 11.2. The molecular weight excluding hydrogens is 200 g/mol. The summed E-state index contributed by atoms with van der Waals surface area (Å²) in [6.07, 6.45) is 0.449. The molecular formula is C8H12N4O3. The van der Waals surface area contributed by atoms with Crippen LogP contribution in [0.4, 0.5) is 5.95 Å². The summed E-state index contributed by atoms with van der Waals surface area (Å²) in [5, 5.41) is 17.1. The summed E-state index contributed by atoms with van der Waals surface area (Å²) in [7, 11) is 0. The van der Waals surface area contributed by atoms with E-state index in [1.165, 1.54) is 0 Å². The molecule has 0 aliphatic rings. The number of hydrogen-bond acceptors (Lipinski definition) is 4. The molecule has 15 heavy (non-hydrogen) atoms. The maximum absolute atomic E-state index is 11.2. The monoisotopic (exact) mass is 212 g/mol. The first-order chi connectivity index (χ1) is 7.08. The summed E-state index contributed by atoms with van der Waals surface area (Å²) in [5.74, 6) is -0.365. The van der Waals surface area contributed by atoms with Crippen LogP contribution < -0.4 is 5.32 Å². The molecule has 1 rings (SSSR count). The molecule has 1 aromatic rings. The number of carboxylic acids is 1. The highest BCUT2D eigenvalue weighted by atomic mass is 16.4. The van der Waals surface area contributed by atoms with E-state index < -0.39 is 5.97 Å². The van der Waals surface area contributed by atoms with E-state index in [1.54, 1.807) is 6.92 Å². The van der Waals surface area contributed by atoms with Crippen molar-refractivity contribution in [1.82, 2.24) is 15.2 Å². The van der Waals surface area contributed by atoms with Gasteiger partial charge >= 0.3 is 5.97 Å². The Bertz CT molecular complexity index is 361. The first-order valence-corrected chi connectivity index (χ1v) is 4.48. The highest BCUT2D eigenvalue weighted by molar-refractivity contribution is 5.89. The highest BCUT2D eigenvalue weighted by Crippen LogP contribution is 2.01. The zero-order valence-corrected chi connectivity index (χ0v) is 8.28. The van der Waals surface area contributed by atoms with Crippen molar-refractivity contribution in [2.75, 3.05) is 5.32 Å². The number of rotatable bonds is 5. The molecule has 0 fully saturated rings. The van der Waals surface area contributed by atoms with Gasteiger partial charge in [-0.05, 0) is 13.3 Å². The molecule has 0 spiro atoms. The fraction of sp³-hybridized carbons (Fsp3) is 0.500. The summed E-state index contributed by atoms with van der Waals surface area (Å²) in [4.78, 5) is 25.3. The van der Waals surface area contributed by atoms with Crippen LogP contribution in [0.3, 0.4) is 0 Å². The predicted molar refractivity (Wildman–Crippen MR) is 51.2 cm³/mol. The minimum atomic E-state index is -0.906. The third-order valence-electron chi connectivity index (χ3n) is 1.64. The number of aromatic amines is 1. The second-order valence-corrected chi connectivity index (χ2v) is 3.04. The Labute approximate surface area is 85.9 Å². The van der Waals surface area contributed by atoms with E-state index in [9.17, 15) is 9.59 Å². The molecule has 1 heterocycles. The standard InChI is InChI=1S/C8H12N4O3/c1-5-9-8(12-11-5)10-6(13)3-2-4-7(14)15/h2-4H2,1H3,(H,14,15)(H2,9,10,11,12,13). The molecule has 0 radical (unpaired) electrons. The number of anilines is 1. The molecule has 0 unspecified atom stereocenters. The first kappa shape index (κ1) is 11.2. The maximum Gasteiger partial charge on any atom is 0.303 e. The van der Waals surface area contributed by atoms with Crippen LogP contribution in [0.15, 0.2) is 0 Å². The molecule has 7 nitrogen and oxygen atoms in total. The van der Waals surface area contributed by atoms with E-state index >= 15 is 0 Å². The number of carbonyl (C=O) groups excluding carboxylic acids is 1. The Morgan fingerprint density at radius 3 is 2.73 bits per heavy atom. The fourth-order valence-corrected chi connectivity index (χ4v) is 0.986. The predicted octanol–water partition coefficient (Wildman–Crippen LogP) is 0.307. The lowest BCUT2D eigenvalue weighted by Gasteiger charge is -1.98. The number of aromatic nitrogens is 3. The van der Waals surface area contributed by atoms with Gasteiger partial charge in [-0.15, -0.1) is 5.10 Å². The van der Waals surface area contributed by atoms with Crippen LogP contribution in [0.25, 0.3) is 0 Å². The van der Waals surface area contributed by atoms with Crippen LogP contribution in [0.5, 0.6) is 0 Å². The van der Waals surface area contributed by atoms with Gasteiger partial charge in [0.25, 0.3) is 0 Å². The van der Waals surface area contributed by atoms with Crippen molar-refractivity contribution in [1.29, 1.82) is 0 Å². The molecule has 7 heteroatoms. The van der Waals surface area contributed by atoms with Gasteiger partial charge in [-0.25, -0.2) is 0 Å². The Morgan fingerprint density at radius 2 is 2.20 bits per heavy atom. The molecule has 0 bridgehead atoms. The molecule has 1 amide bonds. The molecule has 1 aromatic heterocycles. The molecule has 0 saturated heterocycles. The summed E-state index contributed by atoms with van der Waals surface area (Å²) < 4.78 is 0. The van der Waals surface area contributed by atoms with Crippen LogP contribution >= 0.6 is 0 Å². The Morgan fingerprint density at radius 1 is 1.47 bits per heavy atom. The second-order valence-electron chi connectivity index (χ2n) is 3.04. The number of nitrogens with one attached hydrogen (secondary N) is 2. The molecule has 0 aliphatic heterocycles. The van der Waals surface area contributed by atoms with Gasteiger partial charge in [-0.1, -0.05) is 0 Å². The van der Waals surface area contributed by atoms with Gasteiger partial charge in [0.05, 0.1) is 0 Å². The van der Waals surface area contributed by atoms with Crippen molar-refractivity contribution in [3.8, 4) is 0 Å². The zero-order chi connectivity index (χ0) is 11.3. The molecule has 0 aromatic carbocycles. The topological polar surface area (TPSA) is 108 Å². The van der Waals surface area contributed by atoms with E-state index in [0.29, 0.717) is 12.2 Å². The van der Waals surface area contributed by atoms with Gasteiger partial charge in [0, 0.05) is 12.8 Å². The van der Waals surface area contributed by atoms with Crippen molar-refractivity contribution >= 4 is 17.8 Å². The van der Waals surface area contributed by atoms with Crippen molar-refractivity contribution in [3.05, 3.63) is 5.82 Å². The van der Waals surface area contributed by atoms with Crippen molar-refractivity contribution < 1.29 is 14.7 Å². The number of amides is 1. The van der Waals surface area contributed by atoms with Crippen LogP contribution in [0.2, 0.25) is 0 Å². The Kier molecular flexibility index (Phi) is 3.78. The average molecular weight is 212 g/mol. The van der Waals surface area contributed by atoms with E-state index in [4.69, 9.17) is 5.11 Å². The van der Waals surface area contributed by atoms with Crippen LogP contribution in [-0.2, 0) is 9.59 Å². The minimum absolute atomic E-state index is 0.0135.